The highest BCUT2D eigenvalue weighted by Crippen LogP contribution is 2.27. The largest absolute Gasteiger partial charge is 0.468 e. The fourth-order valence-corrected chi connectivity index (χ4v) is 4.29. The van der Waals surface area contributed by atoms with Crippen LogP contribution in [0.1, 0.15) is 25.0 Å². The SMILES string of the molecule is c1coc(CN2CC[C@H]3CN(C4CCOCC4)CCO[C@H]3C2)c1. The molecule has 2 atom stereocenters. The highest BCUT2D eigenvalue weighted by atomic mass is 16.5. The third-order valence-corrected chi connectivity index (χ3v) is 5.63. The summed E-state index contributed by atoms with van der Waals surface area (Å²) in [5.41, 5.74) is 0. The van der Waals surface area contributed by atoms with Gasteiger partial charge in [-0.3, -0.25) is 9.80 Å². The summed E-state index contributed by atoms with van der Waals surface area (Å²) in [5.74, 6) is 1.73. The van der Waals surface area contributed by atoms with Crippen LogP contribution in [-0.4, -0.2) is 67.9 Å². The molecular formula is C18H28N2O3. The Hall–Kier alpha value is -0.880. The highest BCUT2D eigenvalue weighted by Gasteiger charge is 2.35. The summed E-state index contributed by atoms with van der Waals surface area (Å²) in [6.07, 6.45) is 5.73. The number of rotatable bonds is 3. The second kappa shape index (κ2) is 7.34. The number of nitrogens with zero attached hydrogens (tertiary/aromatic N) is 2. The van der Waals surface area contributed by atoms with Crippen LogP contribution in [0.4, 0.5) is 0 Å². The van der Waals surface area contributed by atoms with Crippen molar-refractivity contribution in [3.8, 4) is 0 Å². The third-order valence-electron chi connectivity index (χ3n) is 5.63. The lowest BCUT2D eigenvalue weighted by molar-refractivity contribution is -0.0259. The predicted molar refractivity (Wildman–Crippen MR) is 87.2 cm³/mol. The fraction of sp³-hybridized carbons (Fsp3) is 0.778. The molecular weight excluding hydrogens is 292 g/mol. The Labute approximate surface area is 138 Å². The molecule has 3 fully saturated rings. The molecule has 5 nitrogen and oxygen atoms in total. The van der Waals surface area contributed by atoms with Crippen molar-refractivity contribution in [2.75, 3.05) is 46.0 Å². The van der Waals surface area contributed by atoms with Gasteiger partial charge in [-0.25, -0.2) is 0 Å². The van der Waals surface area contributed by atoms with Crippen LogP contribution in [0.5, 0.6) is 0 Å². The van der Waals surface area contributed by atoms with Gasteiger partial charge in [0, 0.05) is 44.8 Å². The van der Waals surface area contributed by atoms with E-state index in [1.807, 2.05) is 6.07 Å². The number of hydrogen-bond donors (Lipinski definition) is 0. The van der Waals surface area contributed by atoms with Gasteiger partial charge in [-0.05, 0) is 37.9 Å². The van der Waals surface area contributed by atoms with Crippen molar-refractivity contribution in [2.24, 2.45) is 5.92 Å². The Morgan fingerprint density at radius 1 is 1.04 bits per heavy atom. The van der Waals surface area contributed by atoms with E-state index >= 15 is 0 Å². The molecule has 0 saturated carbocycles. The number of piperidine rings is 1. The minimum Gasteiger partial charge on any atom is -0.468 e. The quantitative estimate of drug-likeness (QED) is 0.851. The Balaban J connectivity index is 1.34. The van der Waals surface area contributed by atoms with E-state index in [1.54, 1.807) is 6.26 Å². The molecule has 1 aromatic rings. The molecule has 0 radical (unpaired) electrons. The number of likely N-dealkylation sites (tertiary alicyclic amines) is 1. The normalized spacial score (nSPS) is 31.7. The molecule has 0 spiro atoms. The molecule has 3 saturated heterocycles. The zero-order valence-corrected chi connectivity index (χ0v) is 13.9. The summed E-state index contributed by atoms with van der Waals surface area (Å²) >= 11 is 0. The molecule has 23 heavy (non-hydrogen) atoms. The van der Waals surface area contributed by atoms with E-state index in [1.165, 1.54) is 25.8 Å². The fourth-order valence-electron chi connectivity index (χ4n) is 4.29. The van der Waals surface area contributed by atoms with E-state index in [2.05, 4.69) is 15.9 Å². The van der Waals surface area contributed by atoms with Crippen molar-refractivity contribution < 1.29 is 13.9 Å². The van der Waals surface area contributed by atoms with Crippen molar-refractivity contribution in [3.63, 3.8) is 0 Å². The number of ether oxygens (including phenoxy) is 2. The molecule has 0 aliphatic carbocycles. The van der Waals surface area contributed by atoms with Gasteiger partial charge in [0.1, 0.15) is 5.76 Å². The molecule has 4 heterocycles. The molecule has 0 amide bonds. The van der Waals surface area contributed by atoms with Gasteiger partial charge in [0.2, 0.25) is 0 Å². The maximum Gasteiger partial charge on any atom is 0.117 e. The molecule has 0 bridgehead atoms. The second-order valence-electron chi connectivity index (χ2n) is 7.11. The van der Waals surface area contributed by atoms with Crippen molar-refractivity contribution in [1.82, 2.24) is 9.80 Å². The van der Waals surface area contributed by atoms with Crippen molar-refractivity contribution in [2.45, 2.75) is 38.0 Å². The molecule has 4 rings (SSSR count). The Bertz CT molecular complexity index is 473. The molecule has 0 unspecified atom stereocenters. The first-order chi connectivity index (χ1) is 11.4. The Morgan fingerprint density at radius 2 is 1.96 bits per heavy atom. The average Bonchev–Trinajstić information content (AvgIpc) is 3.00. The smallest absolute Gasteiger partial charge is 0.117 e. The van der Waals surface area contributed by atoms with E-state index in [9.17, 15) is 0 Å². The van der Waals surface area contributed by atoms with Crippen LogP contribution in [0, 0.1) is 5.92 Å². The summed E-state index contributed by atoms with van der Waals surface area (Å²) in [6.45, 7) is 8.08. The Morgan fingerprint density at radius 3 is 2.78 bits per heavy atom. The zero-order chi connectivity index (χ0) is 15.5. The third kappa shape index (κ3) is 3.79. The molecule has 5 heteroatoms. The van der Waals surface area contributed by atoms with Crippen LogP contribution in [0.2, 0.25) is 0 Å². The van der Waals surface area contributed by atoms with E-state index in [4.69, 9.17) is 13.9 Å². The van der Waals surface area contributed by atoms with Gasteiger partial charge >= 0.3 is 0 Å². The van der Waals surface area contributed by atoms with E-state index in [0.717, 1.165) is 51.8 Å². The van der Waals surface area contributed by atoms with Crippen molar-refractivity contribution in [1.29, 1.82) is 0 Å². The van der Waals surface area contributed by atoms with Crippen LogP contribution in [0.25, 0.3) is 0 Å². The molecule has 1 aromatic heterocycles. The first-order valence-electron chi connectivity index (χ1n) is 9.06. The number of fused-ring (bicyclic) bond motifs is 1. The number of hydrogen-bond acceptors (Lipinski definition) is 5. The minimum absolute atomic E-state index is 0.378. The summed E-state index contributed by atoms with van der Waals surface area (Å²) in [6, 6.07) is 4.73. The number of furan rings is 1. The second-order valence-corrected chi connectivity index (χ2v) is 7.11. The maximum atomic E-state index is 6.23. The molecule has 3 aliphatic rings. The van der Waals surface area contributed by atoms with Gasteiger partial charge in [-0.15, -0.1) is 0 Å². The van der Waals surface area contributed by atoms with Gasteiger partial charge in [0.05, 0.1) is 25.5 Å². The molecule has 0 aromatic carbocycles. The highest BCUT2D eigenvalue weighted by molar-refractivity contribution is 4.99. The lowest BCUT2D eigenvalue weighted by atomic mass is 9.92. The van der Waals surface area contributed by atoms with Crippen molar-refractivity contribution >= 4 is 0 Å². The van der Waals surface area contributed by atoms with Gasteiger partial charge in [-0.1, -0.05) is 0 Å². The summed E-state index contributed by atoms with van der Waals surface area (Å²) in [5, 5.41) is 0. The molecule has 128 valence electrons. The first kappa shape index (κ1) is 15.6. The van der Waals surface area contributed by atoms with Crippen LogP contribution in [0.15, 0.2) is 22.8 Å². The van der Waals surface area contributed by atoms with Gasteiger partial charge in [0.15, 0.2) is 0 Å². The Kier molecular flexibility index (Phi) is 4.99. The van der Waals surface area contributed by atoms with Gasteiger partial charge < -0.3 is 13.9 Å². The summed E-state index contributed by atoms with van der Waals surface area (Å²) in [7, 11) is 0. The van der Waals surface area contributed by atoms with Crippen LogP contribution >= 0.6 is 0 Å². The lowest BCUT2D eigenvalue weighted by Gasteiger charge is -2.39. The molecule has 0 N–H and O–H groups in total. The monoisotopic (exact) mass is 320 g/mol. The van der Waals surface area contributed by atoms with Gasteiger partial charge in [-0.2, -0.15) is 0 Å². The van der Waals surface area contributed by atoms with E-state index in [-0.39, 0.29) is 0 Å². The van der Waals surface area contributed by atoms with Crippen molar-refractivity contribution in [3.05, 3.63) is 24.2 Å². The summed E-state index contributed by atoms with van der Waals surface area (Å²) < 4.78 is 17.2. The standard InChI is InChI=1S/C18H28N2O3/c1-2-17(22-8-1)13-19-6-3-15-12-20(7-11-23-18(15)14-19)16-4-9-21-10-5-16/h1-2,8,15-16,18H,3-7,9-14H2/t15-,18-/m0/s1. The van der Waals surface area contributed by atoms with E-state index < -0.39 is 0 Å². The summed E-state index contributed by atoms with van der Waals surface area (Å²) in [4.78, 5) is 5.15. The van der Waals surface area contributed by atoms with Gasteiger partial charge in [0.25, 0.3) is 0 Å². The van der Waals surface area contributed by atoms with Crippen LogP contribution in [0.3, 0.4) is 0 Å². The predicted octanol–water partition coefficient (Wildman–Crippen LogP) is 1.98. The molecule has 3 aliphatic heterocycles. The zero-order valence-electron chi connectivity index (χ0n) is 13.9. The topological polar surface area (TPSA) is 38.1 Å². The first-order valence-corrected chi connectivity index (χ1v) is 9.06. The maximum absolute atomic E-state index is 6.23. The lowest BCUT2D eigenvalue weighted by Crippen LogP contribution is -2.48. The average molecular weight is 320 g/mol. The van der Waals surface area contributed by atoms with Crippen LogP contribution in [-0.2, 0) is 16.0 Å². The minimum atomic E-state index is 0.378. The van der Waals surface area contributed by atoms with Crippen LogP contribution < -0.4 is 0 Å². The van der Waals surface area contributed by atoms with E-state index in [0.29, 0.717) is 18.1 Å².